The number of carboxylic acid groups (broad SMARTS) is 1. The van der Waals surface area contributed by atoms with Gasteiger partial charge in [0.05, 0.1) is 12.6 Å². The zero-order valence-corrected chi connectivity index (χ0v) is 38.1. The molecule has 10 rings (SSSR count). The fourth-order valence-electron chi connectivity index (χ4n) is 7.07. The summed E-state index contributed by atoms with van der Waals surface area (Å²) in [5.41, 5.74) is 2.39. The summed E-state index contributed by atoms with van der Waals surface area (Å²) in [5.74, 6) is -0.616. The van der Waals surface area contributed by atoms with E-state index in [4.69, 9.17) is 18.9 Å². The maximum absolute atomic E-state index is 11.0. The first-order valence-electron chi connectivity index (χ1n) is 20.6. The molecule has 19 nitrogen and oxygen atoms in total. The maximum Gasteiger partial charge on any atom is 1.00 e. The molecule has 9 N–H and O–H groups in total. The van der Waals surface area contributed by atoms with E-state index in [1.54, 1.807) is 97.6 Å². The fraction of sp³-hybridized carbons (Fsp3) is 0.229. The number of carboxylic acids is 1. The van der Waals surface area contributed by atoms with Crippen LogP contribution in [0.4, 0.5) is 0 Å². The molecule has 6 heterocycles. The van der Waals surface area contributed by atoms with Gasteiger partial charge in [0.2, 0.25) is 12.6 Å². The van der Waals surface area contributed by atoms with Gasteiger partial charge in [0.25, 0.3) is 0 Å². The second kappa shape index (κ2) is 23.7. The Labute approximate surface area is 409 Å². The Hall–Kier alpha value is -6.17. The van der Waals surface area contributed by atoms with Gasteiger partial charge in [-0.05, 0) is 48.5 Å². The summed E-state index contributed by atoms with van der Waals surface area (Å²) in [6.45, 7) is -0.501. The molecule has 2 fully saturated rings. The third-order valence-corrected chi connectivity index (χ3v) is 10.6. The molecule has 10 atom stereocenters. The van der Waals surface area contributed by atoms with E-state index in [1.165, 1.54) is 0 Å². The number of aliphatic carboxylic acids is 1. The van der Waals surface area contributed by atoms with Crippen molar-refractivity contribution in [1.82, 2.24) is 19.9 Å². The normalized spacial score (nSPS) is 24.2. The minimum Gasteiger partial charge on any atom is -0.547 e. The predicted octanol–water partition coefficient (Wildman–Crippen LogP) is -1.53. The van der Waals surface area contributed by atoms with Gasteiger partial charge in [-0.1, -0.05) is 72.8 Å². The van der Waals surface area contributed by atoms with Crippen LogP contribution in [0.25, 0.3) is 43.6 Å². The van der Waals surface area contributed by atoms with Crippen LogP contribution in [-0.2, 0) is 14.3 Å². The van der Waals surface area contributed by atoms with E-state index in [9.17, 15) is 55.9 Å². The maximum atomic E-state index is 11.0. The first-order chi connectivity index (χ1) is 32.4. The second-order valence-corrected chi connectivity index (χ2v) is 15.0. The van der Waals surface area contributed by atoms with Crippen molar-refractivity contribution >= 4 is 49.6 Å². The number of aromatic hydroxyl groups is 2. The topological polar surface area (TPSA) is 311 Å². The number of carbonyl (C=O) groups excluding carboxylic acids is 1. The largest absolute Gasteiger partial charge is 1.00 e. The number of para-hydroxylation sites is 4. The Morgan fingerprint density at radius 1 is 0.485 bits per heavy atom. The van der Waals surface area contributed by atoms with Crippen molar-refractivity contribution < 1.29 is 104 Å². The Bertz CT molecular complexity index is 2820. The molecule has 2 saturated heterocycles. The number of benzene rings is 4. The molecule has 68 heavy (non-hydrogen) atoms. The Morgan fingerprint density at radius 3 is 1.24 bits per heavy atom. The number of phenols is 2. The van der Waals surface area contributed by atoms with Crippen LogP contribution in [0.1, 0.15) is 0 Å². The summed E-state index contributed by atoms with van der Waals surface area (Å²) in [4.78, 5) is 27.4. The zero-order valence-electron chi connectivity index (χ0n) is 36.1. The molecule has 10 unspecified atom stereocenters. The molecule has 0 bridgehead atoms. The molecular weight excluding hydrogens is 896 g/mol. The SMILES string of the molecule is O=C([O-])C1OC(Oc2cccc3cccnc23)C(O)C(O)C1O.OCC1OC(Oc2cccc3cccnc23)C(O)C(O)C1O.Oc1cccc2cccnc12.Oc1cccc2cccnc12.[Na+]. The Kier molecular flexibility index (Phi) is 17.9. The first-order valence-corrected chi connectivity index (χ1v) is 20.6. The summed E-state index contributed by atoms with van der Waals surface area (Å²) in [7, 11) is 0. The molecule has 348 valence electrons. The minimum atomic E-state index is -1.82. The van der Waals surface area contributed by atoms with Crippen LogP contribution in [0.15, 0.2) is 146 Å². The van der Waals surface area contributed by atoms with Crippen LogP contribution >= 0.6 is 0 Å². The Balaban J connectivity index is 0.000000156. The van der Waals surface area contributed by atoms with Gasteiger partial charge in [0.15, 0.2) is 0 Å². The van der Waals surface area contributed by atoms with E-state index >= 15 is 0 Å². The summed E-state index contributed by atoms with van der Waals surface area (Å²) < 4.78 is 21.4. The number of ether oxygens (including phenoxy) is 4. The number of fused-ring (bicyclic) bond motifs is 4. The molecular formula is C48H45N4NaO15. The molecule has 4 aromatic carbocycles. The first kappa shape index (κ1) is 51.2. The van der Waals surface area contributed by atoms with Crippen molar-refractivity contribution in [3.05, 3.63) is 146 Å². The fourth-order valence-corrected chi connectivity index (χ4v) is 7.07. The van der Waals surface area contributed by atoms with Crippen molar-refractivity contribution in [2.75, 3.05) is 6.61 Å². The van der Waals surface area contributed by atoms with Gasteiger partial charge in [0.1, 0.15) is 93.9 Å². The summed E-state index contributed by atoms with van der Waals surface area (Å²) in [5, 5.41) is 101. The van der Waals surface area contributed by atoms with Crippen LogP contribution in [0.3, 0.4) is 0 Å². The van der Waals surface area contributed by atoms with E-state index in [0.29, 0.717) is 27.8 Å². The average molecular weight is 941 g/mol. The number of aromatic nitrogens is 4. The molecule has 4 aromatic heterocycles. The smallest absolute Gasteiger partial charge is 0.547 e. The number of phenolic OH excluding ortho intramolecular Hbond substituents is 2. The third kappa shape index (κ3) is 11.9. The molecule has 2 aliphatic heterocycles. The van der Waals surface area contributed by atoms with Crippen molar-refractivity contribution in [3.8, 4) is 23.0 Å². The van der Waals surface area contributed by atoms with Gasteiger partial charge in [-0.15, -0.1) is 0 Å². The van der Waals surface area contributed by atoms with Crippen molar-refractivity contribution in [2.45, 2.75) is 61.4 Å². The summed E-state index contributed by atoms with van der Waals surface area (Å²) in [6, 6.07) is 35.8. The molecule has 2 aliphatic rings. The van der Waals surface area contributed by atoms with Crippen LogP contribution in [0.2, 0.25) is 0 Å². The number of aliphatic hydroxyl groups excluding tert-OH is 7. The molecule has 0 saturated carbocycles. The zero-order chi connectivity index (χ0) is 47.6. The number of hydrogen-bond donors (Lipinski definition) is 9. The van der Waals surface area contributed by atoms with Gasteiger partial charge in [0, 0.05) is 46.3 Å². The molecule has 8 aromatic rings. The molecule has 20 heteroatoms. The number of nitrogens with zero attached hydrogens (tertiary/aromatic N) is 4. The summed E-state index contributed by atoms with van der Waals surface area (Å²) >= 11 is 0. The number of rotatable bonds is 6. The molecule has 0 radical (unpaired) electrons. The van der Waals surface area contributed by atoms with Gasteiger partial charge in [-0.2, -0.15) is 0 Å². The van der Waals surface area contributed by atoms with E-state index in [-0.39, 0.29) is 46.8 Å². The quantitative estimate of drug-likeness (QED) is 0.0854. The van der Waals surface area contributed by atoms with E-state index in [0.717, 1.165) is 21.5 Å². The van der Waals surface area contributed by atoms with Crippen LogP contribution in [0, 0.1) is 0 Å². The van der Waals surface area contributed by atoms with Crippen LogP contribution in [0.5, 0.6) is 23.0 Å². The molecule has 0 spiro atoms. The van der Waals surface area contributed by atoms with Gasteiger partial charge < -0.3 is 74.8 Å². The predicted molar refractivity (Wildman–Crippen MR) is 237 cm³/mol. The second-order valence-electron chi connectivity index (χ2n) is 15.0. The van der Waals surface area contributed by atoms with Gasteiger partial charge in [-0.3, -0.25) is 19.9 Å². The molecule has 0 aliphatic carbocycles. The van der Waals surface area contributed by atoms with Crippen molar-refractivity contribution in [3.63, 3.8) is 0 Å². The monoisotopic (exact) mass is 940 g/mol. The van der Waals surface area contributed by atoms with Crippen LogP contribution in [-0.4, -0.2) is 140 Å². The van der Waals surface area contributed by atoms with Crippen molar-refractivity contribution in [1.29, 1.82) is 0 Å². The van der Waals surface area contributed by atoms with Gasteiger partial charge in [-0.25, -0.2) is 0 Å². The van der Waals surface area contributed by atoms with E-state index < -0.39 is 74.0 Å². The summed E-state index contributed by atoms with van der Waals surface area (Å²) in [6.07, 6.45) is -8.58. The third-order valence-electron chi connectivity index (χ3n) is 10.6. The number of hydrogen-bond acceptors (Lipinski definition) is 19. The number of aliphatic hydroxyl groups is 7. The Morgan fingerprint density at radius 2 is 0.838 bits per heavy atom. The van der Waals surface area contributed by atoms with Gasteiger partial charge >= 0.3 is 29.6 Å². The van der Waals surface area contributed by atoms with E-state index in [2.05, 4.69) is 19.9 Å². The van der Waals surface area contributed by atoms with E-state index in [1.807, 2.05) is 48.5 Å². The average Bonchev–Trinajstić information content (AvgIpc) is 3.35. The minimum absolute atomic E-state index is 0. The van der Waals surface area contributed by atoms with Crippen molar-refractivity contribution in [2.24, 2.45) is 0 Å². The number of pyridine rings is 4. The van der Waals surface area contributed by atoms with Crippen LogP contribution < -0.4 is 44.1 Å². The number of carbonyl (C=O) groups is 1. The molecule has 0 amide bonds. The standard InChI is InChI=1S/C15H15NO7.C15H17NO6.2C9H7NO.Na/c17-10-11(18)13(14(20)21)23-15(12(10)19)22-8-5-1-3-7-4-2-6-16-9(7)8;17-7-10-12(18)13(19)14(20)15(22-10)21-9-5-1-3-8-4-2-6-16-11(8)9;2*11-8-5-1-3-7-4-2-6-10-9(7)8;/h1-6,10-13,15,17-19H,(H,20,21);1-6,10,12-15,17-20H,7H2;2*1-6,11H;/q;;;;+1/p-1.